The lowest BCUT2D eigenvalue weighted by molar-refractivity contribution is -0.0449. The van der Waals surface area contributed by atoms with E-state index in [0.717, 1.165) is 19.3 Å². The first-order chi connectivity index (χ1) is 5.91. The Balaban J connectivity index is 2.18. The van der Waals surface area contributed by atoms with E-state index in [1.54, 1.807) is 0 Å². The molecule has 2 nitrogen and oxygen atoms in total. The highest BCUT2D eigenvalue weighted by Crippen LogP contribution is 2.32. The van der Waals surface area contributed by atoms with E-state index in [-0.39, 0.29) is 5.60 Å². The van der Waals surface area contributed by atoms with Gasteiger partial charge >= 0.3 is 0 Å². The summed E-state index contributed by atoms with van der Waals surface area (Å²) in [5.74, 6) is 0. The molecule has 0 amide bonds. The van der Waals surface area contributed by atoms with Crippen molar-refractivity contribution in [2.75, 3.05) is 6.61 Å². The molecule has 0 saturated heterocycles. The van der Waals surface area contributed by atoms with Crippen molar-refractivity contribution in [3.05, 3.63) is 0 Å². The highest BCUT2D eigenvalue weighted by Gasteiger charge is 2.30. The second-order valence-corrected chi connectivity index (χ2v) is 5.14. The highest BCUT2D eigenvalue weighted by atomic mass is 16.5. The van der Waals surface area contributed by atoms with Gasteiger partial charge in [0.15, 0.2) is 0 Å². The standard InChI is InChI=1S/C11H22O2/c1-10(2,3)13-9-8-11(12)6-4-5-7-11/h12H,4-9H2,1-3H3. The molecule has 0 aromatic heterocycles. The van der Waals surface area contributed by atoms with Crippen LogP contribution in [0.25, 0.3) is 0 Å². The number of hydrogen-bond acceptors (Lipinski definition) is 2. The Morgan fingerprint density at radius 1 is 1.23 bits per heavy atom. The van der Waals surface area contributed by atoms with Crippen LogP contribution in [-0.2, 0) is 4.74 Å². The van der Waals surface area contributed by atoms with E-state index < -0.39 is 5.60 Å². The van der Waals surface area contributed by atoms with Crippen LogP contribution in [-0.4, -0.2) is 22.9 Å². The third kappa shape index (κ3) is 4.10. The maximum absolute atomic E-state index is 10.0. The van der Waals surface area contributed by atoms with Crippen LogP contribution in [0.4, 0.5) is 0 Å². The van der Waals surface area contributed by atoms with Crippen LogP contribution < -0.4 is 0 Å². The first-order valence-electron chi connectivity index (χ1n) is 5.28. The van der Waals surface area contributed by atoms with Crippen molar-refractivity contribution in [1.29, 1.82) is 0 Å². The van der Waals surface area contributed by atoms with Gasteiger partial charge in [-0.15, -0.1) is 0 Å². The molecular formula is C11H22O2. The Kier molecular flexibility index (Phi) is 3.36. The minimum atomic E-state index is -0.411. The second-order valence-electron chi connectivity index (χ2n) is 5.14. The summed E-state index contributed by atoms with van der Waals surface area (Å²) < 4.78 is 5.60. The lowest BCUT2D eigenvalue weighted by Crippen LogP contribution is -2.29. The largest absolute Gasteiger partial charge is 0.390 e. The van der Waals surface area contributed by atoms with Crippen LogP contribution in [0.15, 0.2) is 0 Å². The van der Waals surface area contributed by atoms with Gasteiger partial charge in [-0.1, -0.05) is 12.8 Å². The van der Waals surface area contributed by atoms with Gasteiger partial charge in [-0.3, -0.25) is 0 Å². The summed E-state index contributed by atoms with van der Waals surface area (Å²) in [5, 5.41) is 10.0. The van der Waals surface area contributed by atoms with Crippen molar-refractivity contribution in [3.63, 3.8) is 0 Å². The number of rotatable bonds is 3. The molecule has 1 rings (SSSR count). The van der Waals surface area contributed by atoms with Crippen molar-refractivity contribution in [1.82, 2.24) is 0 Å². The lowest BCUT2D eigenvalue weighted by Gasteiger charge is -2.25. The van der Waals surface area contributed by atoms with E-state index in [4.69, 9.17) is 4.74 Å². The Morgan fingerprint density at radius 3 is 2.23 bits per heavy atom. The molecule has 0 heterocycles. The average Bonchev–Trinajstić information content (AvgIpc) is 2.33. The third-order valence-electron chi connectivity index (χ3n) is 2.64. The summed E-state index contributed by atoms with van der Waals surface area (Å²) in [6.07, 6.45) is 5.06. The predicted molar refractivity (Wildman–Crippen MR) is 53.7 cm³/mol. The molecule has 0 aliphatic heterocycles. The van der Waals surface area contributed by atoms with Crippen LogP contribution in [0, 0.1) is 0 Å². The van der Waals surface area contributed by atoms with Gasteiger partial charge in [-0.25, -0.2) is 0 Å². The van der Waals surface area contributed by atoms with Gasteiger partial charge < -0.3 is 9.84 Å². The van der Waals surface area contributed by atoms with Crippen LogP contribution in [0.3, 0.4) is 0 Å². The lowest BCUT2D eigenvalue weighted by atomic mass is 9.99. The minimum absolute atomic E-state index is 0.0744. The first kappa shape index (κ1) is 11.0. The molecule has 0 aromatic carbocycles. The van der Waals surface area contributed by atoms with Crippen molar-refractivity contribution in [2.24, 2.45) is 0 Å². The van der Waals surface area contributed by atoms with Gasteiger partial charge in [0.25, 0.3) is 0 Å². The average molecular weight is 186 g/mol. The molecule has 1 aliphatic rings. The van der Waals surface area contributed by atoms with Gasteiger partial charge in [-0.2, -0.15) is 0 Å². The van der Waals surface area contributed by atoms with Crippen LogP contribution in [0.5, 0.6) is 0 Å². The summed E-state index contributed by atoms with van der Waals surface area (Å²) in [6.45, 7) is 6.82. The maximum atomic E-state index is 10.0. The normalized spacial score (nSPS) is 22.2. The Morgan fingerprint density at radius 2 is 1.77 bits per heavy atom. The molecule has 0 spiro atoms. The molecule has 0 radical (unpaired) electrons. The fraction of sp³-hybridized carbons (Fsp3) is 1.00. The van der Waals surface area contributed by atoms with Crippen LogP contribution >= 0.6 is 0 Å². The second kappa shape index (κ2) is 3.97. The topological polar surface area (TPSA) is 29.5 Å². The van der Waals surface area contributed by atoms with E-state index in [1.807, 2.05) is 20.8 Å². The highest BCUT2D eigenvalue weighted by molar-refractivity contribution is 4.84. The third-order valence-corrected chi connectivity index (χ3v) is 2.64. The maximum Gasteiger partial charge on any atom is 0.0669 e. The number of ether oxygens (including phenoxy) is 1. The van der Waals surface area contributed by atoms with Gasteiger partial charge in [0.05, 0.1) is 17.8 Å². The molecule has 1 fully saturated rings. The molecule has 0 unspecified atom stereocenters. The van der Waals surface area contributed by atoms with Crippen molar-refractivity contribution >= 4 is 0 Å². The molecule has 0 atom stereocenters. The fourth-order valence-electron chi connectivity index (χ4n) is 1.83. The molecule has 13 heavy (non-hydrogen) atoms. The molecule has 78 valence electrons. The smallest absolute Gasteiger partial charge is 0.0669 e. The number of hydrogen-bond donors (Lipinski definition) is 1. The zero-order valence-corrected chi connectivity index (χ0v) is 9.10. The summed E-state index contributed by atoms with van der Waals surface area (Å²) in [5.41, 5.74) is -0.486. The Hall–Kier alpha value is -0.0800. The summed E-state index contributed by atoms with van der Waals surface area (Å²) in [6, 6.07) is 0. The van der Waals surface area contributed by atoms with Gasteiger partial charge in [0, 0.05) is 0 Å². The van der Waals surface area contributed by atoms with Crippen LogP contribution in [0.1, 0.15) is 52.9 Å². The Bertz CT molecular complexity index is 152. The zero-order valence-electron chi connectivity index (χ0n) is 9.10. The molecule has 0 aromatic rings. The first-order valence-corrected chi connectivity index (χ1v) is 5.28. The van der Waals surface area contributed by atoms with Gasteiger partial charge in [0.1, 0.15) is 0 Å². The van der Waals surface area contributed by atoms with E-state index >= 15 is 0 Å². The monoisotopic (exact) mass is 186 g/mol. The Labute approximate surface area is 81.3 Å². The van der Waals surface area contributed by atoms with Gasteiger partial charge in [-0.05, 0) is 40.0 Å². The van der Waals surface area contributed by atoms with Crippen molar-refractivity contribution < 1.29 is 9.84 Å². The minimum Gasteiger partial charge on any atom is -0.390 e. The number of aliphatic hydroxyl groups is 1. The van der Waals surface area contributed by atoms with Gasteiger partial charge in [0.2, 0.25) is 0 Å². The fourth-order valence-corrected chi connectivity index (χ4v) is 1.83. The summed E-state index contributed by atoms with van der Waals surface area (Å²) in [4.78, 5) is 0. The summed E-state index contributed by atoms with van der Waals surface area (Å²) >= 11 is 0. The van der Waals surface area contributed by atoms with Crippen molar-refractivity contribution in [3.8, 4) is 0 Å². The van der Waals surface area contributed by atoms with Crippen molar-refractivity contribution in [2.45, 2.75) is 64.1 Å². The van der Waals surface area contributed by atoms with E-state index in [9.17, 15) is 5.11 Å². The molecule has 1 N–H and O–H groups in total. The quantitative estimate of drug-likeness (QED) is 0.733. The molecule has 1 aliphatic carbocycles. The molecule has 1 saturated carbocycles. The molecule has 2 heteroatoms. The predicted octanol–water partition coefficient (Wildman–Crippen LogP) is 2.50. The zero-order chi connectivity index (χ0) is 9.95. The molecular weight excluding hydrogens is 164 g/mol. The van der Waals surface area contributed by atoms with E-state index in [2.05, 4.69) is 0 Å². The van der Waals surface area contributed by atoms with Crippen LogP contribution in [0.2, 0.25) is 0 Å². The summed E-state index contributed by atoms with van der Waals surface area (Å²) in [7, 11) is 0. The molecule has 0 bridgehead atoms. The SMILES string of the molecule is CC(C)(C)OCCC1(O)CCCC1. The van der Waals surface area contributed by atoms with E-state index in [0.29, 0.717) is 6.61 Å². The van der Waals surface area contributed by atoms with E-state index in [1.165, 1.54) is 12.8 Å².